The molecule has 2 saturated heterocycles. The highest BCUT2D eigenvalue weighted by Gasteiger charge is 2.51. The molecule has 8 heteroatoms. The van der Waals surface area contributed by atoms with Gasteiger partial charge in [0.05, 0.1) is 16.6 Å². The van der Waals surface area contributed by atoms with Gasteiger partial charge in [-0.2, -0.15) is 0 Å². The molecule has 164 valence electrons. The fraction of sp³-hybridized carbons (Fsp3) is 0.375. The molecule has 3 fully saturated rings. The Morgan fingerprint density at radius 3 is 2.66 bits per heavy atom. The SMILES string of the molecule is Cc1ccc(-c2ncccn2)c(C(=O)N2C3CC(C3)[C@H](C)C2COc2ccc(Cl)cn2)n1. The minimum absolute atomic E-state index is 0.0654. The van der Waals surface area contributed by atoms with E-state index >= 15 is 0 Å². The molecule has 1 aliphatic carbocycles. The van der Waals surface area contributed by atoms with Gasteiger partial charge in [-0.05, 0) is 55.9 Å². The van der Waals surface area contributed by atoms with Gasteiger partial charge in [-0.1, -0.05) is 18.5 Å². The predicted octanol–water partition coefficient (Wildman–Crippen LogP) is 4.21. The van der Waals surface area contributed by atoms with Crippen LogP contribution in [0.1, 0.15) is 35.9 Å². The monoisotopic (exact) mass is 449 g/mol. The van der Waals surface area contributed by atoms with Crippen LogP contribution in [0.15, 0.2) is 48.9 Å². The number of aryl methyl sites for hydroxylation is 1. The van der Waals surface area contributed by atoms with Crippen molar-refractivity contribution in [3.05, 3.63) is 65.3 Å². The molecule has 32 heavy (non-hydrogen) atoms. The van der Waals surface area contributed by atoms with Gasteiger partial charge in [0.1, 0.15) is 12.3 Å². The Labute approximate surface area is 191 Å². The molecule has 6 rings (SSSR count). The van der Waals surface area contributed by atoms with Crippen molar-refractivity contribution in [2.75, 3.05) is 6.61 Å². The smallest absolute Gasteiger partial charge is 0.273 e. The van der Waals surface area contributed by atoms with E-state index in [1.165, 1.54) is 0 Å². The molecule has 3 aromatic rings. The number of carbonyl (C=O) groups excluding carboxylic acids is 1. The molecule has 2 aliphatic heterocycles. The highest BCUT2D eigenvalue weighted by atomic mass is 35.5. The fourth-order valence-corrected chi connectivity index (χ4v) is 4.86. The van der Waals surface area contributed by atoms with Gasteiger partial charge in [0, 0.05) is 36.4 Å². The molecule has 2 bridgehead atoms. The molecular weight excluding hydrogens is 426 g/mol. The Hall–Kier alpha value is -3.06. The van der Waals surface area contributed by atoms with E-state index < -0.39 is 0 Å². The minimum Gasteiger partial charge on any atom is -0.475 e. The third-order valence-electron chi connectivity index (χ3n) is 6.63. The van der Waals surface area contributed by atoms with Crippen LogP contribution in [0.25, 0.3) is 11.4 Å². The summed E-state index contributed by atoms with van der Waals surface area (Å²) in [5, 5.41) is 0.558. The zero-order valence-corrected chi connectivity index (χ0v) is 18.7. The summed E-state index contributed by atoms with van der Waals surface area (Å²) in [5.74, 6) is 1.83. The van der Waals surface area contributed by atoms with E-state index in [9.17, 15) is 4.79 Å². The number of ether oxygens (including phenoxy) is 1. The normalized spacial score (nSPS) is 24.0. The zero-order chi connectivity index (χ0) is 22.2. The van der Waals surface area contributed by atoms with Crippen LogP contribution in [0.3, 0.4) is 0 Å². The lowest BCUT2D eigenvalue weighted by molar-refractivity contribution is -0.0676. The molecule has 2 atom stereocenters. The minimum atomic E-state index is -0.0937. The topological polar surface area (TPSA) is 81.1 Å². The van der Waals surface area contributed by atoms with Crippen molar-refractivity contribution in [1.29, 1.82) is 0 Å². The summed E-state index contributed by atoms with van der Waals surface area (Å²) >= 11 is 5.93. The van der Waals surface area contributed by atoms with Crippen LogP contribution < -0.4 is 4.74 Å². The molecule has 0 aromatic carbocycles. The lowest BCUT2D eigenvalue weighted by atomic mass is 9.64. The number of nitrogens with zero attached hydrogens (tertiary/aromatic N) is 5. The maximum Gasteiger partial charge on any atom is 0.273 e. The second-order valence-electron chi connectivity index (χ2n) is 8.57. The molecule has 0 N–H and O–H groups in total. The van der Waals surface area contributed by atoms with Crippen LogP contribution in [0, 0.1) is 18.8 Å². The maximum absolute atomic E-state index is 13.9. The van der Waals surface area contributed by atoms with Crippen LogP contribution in [0.2, 0.25) is 5.02 Å². The van der Waals surface area contributed by atoms with Crippen molar-refractivity contribution in [2.24, 2.45) is 11.8 Å². The van der Waals surface area contributed by atoms with Gasteiger partial charge >= 0.3 is 0 Å². The number of amides is 1. The third-order valence-corrected chi connectivity index (χ3v) is 6.85. The van der Waals surface area contributed by atoms with Crippen LogP contribution >= 0.6 is 11.6 Å². The summed E-state index contributed by atoms with van der Waals surface area (Å²) in [6.07, 6.45) is 6.94. The second-order valence-corrected chi connectivity index (χ2v) is 9.01. The van der Waals surface area contributed by atoms with Crippen molar-refractivity contribution >= 4 is 17.5 Å². The number of fused-ring (bicyclic) bond motifs is 2. The third kappa shape index (κ3) is 3.81. The molecule has 1 unspecified atom stereocenters. The number of hydrogen-bond acceptors (Lipinski definition) is 6. The summed E-state index contributed by atoms with van der Waals surface area (Å²) in [6.45, 7) is 4.46. The van der Waals surface area contributed by atoms with Crippen molar-refractivity contribution in [2.45, 2.75) is 38.8 Å². The Morgan fingerprint density at radius 2 is 1.94 bits per heavy atom. The quantitative estimate of drug-likeness (QED) is 0.580. The van der Waals surface area contributed by atoms with Crippen LogP contribution in [-0.2, 0) is 0 Å². The van der Waals surface area contributed by atoms with Crippen molar-refractivity contribution in [1.82, 2.24) is 24.8 Å². The molecule has 3 aliphatic rings. The Bertz CT molecular complexity index is 1120. The maximum atomic E-state index is 13.9. The number of rotatable bonds is 5. The van der Waals surface area contributed by atoms with Gasteiger partial charge in [-0.15, -0.1) is 0 Å². The molecule has 1 amide bonds. The molecule has 1 saturated carbocycles. The first kappa shape index (κ1) is 20.8. The van der Waals surface area contributed by atoms with Crippen molar-refractivity contribution < 1.29 is 9.53 Å². The van der Waals surface area contributed by atoms with Crippen LogP contribution in [-0.4, -0.2) is 49.4 Å². The largest absolute Gasteiger partial charge is 0.475 e. The summed E-state index contributed by atoms with van der Waals surface area (Å²) in [6, 6.07) is 9.14. The summed E-state index contributed by atoms with van der Waals surface area (Å²) in [5.41, 5.74) is 1.82. The van der Waals surface area contributed by atoms with Gasteiger partial charge in [0.2, 0.25) is 5.88 Å². The molecule has 5 heterocycles. The van der Waals surface area contributed by atoms with Gasteiger partial charge in [0.15, 0.2) is 5.82 Å². The van der Waals surface area contributed by atoms with Gasteiger partial charge in [-0.25, -0.2) is 19.9 Å². The van der Waals surface area contributed by atoms with Gasteiger partial charge in [0.25, 0.3) is 5.91 Å². The van der Waals surface area contributed by atoms with E-state index in [1.807, 2.05) is 24.0 Å². The number of pyridine rings is 2. The second kappa shape index (κ2) is 8.47. The summed E-state index contributed by atoms with van der Waals surface area (Å²) < 4.78 is 5.99. The lowest BCUT2D eigenvalue weighted by Crippen LogP contribution is -2.64. The first-order chi connectivity index (χ1) is 15.5. The fourth-order valence-electron chi connectivity index (χ4n) is 4.75. The van der Waals surface area contributed by atoms with E-state index in [1.54, 1.807) is 36.8 Å². The Kier molecular flexibility index (Phi) is 5.51. The molecule has 0 spiro atoms. The average Bonchev–Trinajstić information content (AvgIpc) is 2.78. The highest BCUT2D eigenvalue weighted by molar-refractivity contribution is 6.30. The zero-order valence-electron chi connectivity index (χ0n) is 18.0. The summed E-state index contributed by atoms with van der Waals surface area (Å²) in [7, 11) is 0. The van der Waals surface area contributed by atoms with Crippen molar-refractivity contribution in [3.63, 3.8) is 0 Å². The average molecular weight is 450 g/mol. The van der Waals surface area contributed by atoms with E-state index in [0.717, 1.165) is 18.5 Å². The van der Waals surface area contributed by atoms with Crippen LogP contribution in [0.4, 0.5) is 0 Å². The van der Waals surface area contributed by atoms with E-state index in [-0.39, 0.29) is 18.0 Å². The molecular formula is C24H24ClN5O2. The highest BCUT2D eigenvalue weighted by Crippen LogP contribution is 2.47. The standard InChI is InChI=1S/C24H24ClN5O2/c1-14-4-6-19(23-26-8-3-9-27-23)22(29-14)24(31)30-18-10-16(11-18)15(2)20(30)13-32-21-7-5-17(25)12-28-21/h3-9,12,15-16,18,20H,10-11,13H2,1-2H3/t15-,16?,18?,20?/m0/s1. The van der Waals surface area contributed by atoms with E-state index in [0.29, 0.717) is 46.4 Å². The summed E-state index contributed by atoms with van der Waals surface area (Å²) in [4.78, 5) is 33.4. The number of aromatic nitrogens is 4. The predicted molar refractivity (Wildman–Crippen MR) is 120 cm³/mol. The Balaban J connectivity index is 1.46. The number of piperidine rings is 2. The number of carbonyl (C=O) groups is 1. The number of hydrogen-bond donors (Lipinski definition) is 0. The van der Waals surface area contributed by atoms with Crippen molar-refractivity contribution in [3.8, 4) is 17.3 Å². The van der Waals surface area contributed by atoms with Gasteiger partial charge < -0.3 is 9.64 Å². The van der Waals surface area contributed by atoms with Crippen LogP contribution in [0.5, 0.6) is 5.88 Å². The Morgan fingerprint density at radius 1 is 1.16 bits per heavy atom. The lowest BCUT2D eigenvalue weighted by Gasteiger charge is -2.57. The van der Waals surface area contributed by atoms with E-state index in [4.69, 9.17) is 16.3 Å². The first-order valence-electron chi connectivity index (χ1n) is 10.8. The number of halogens is 1. The molecule has 3 aromatic heterocycles. The van der Waals surface area contributed by atoms with E-state index in [2.05, 4.69) is 26.9 Å². The molecule has 7 nitrogen and oxygen atoms in total. The van der Waals surface area contributed by atoms with Gasteiger partial charge in [-0.3, -0.25) is 4.79 Å². The molecule has 0 radical (unpaired) electrons. The first-order valence-corrected chi connectivity index (χ1v) is 11.2.